The lowest BCUT2D eigenvalue weighted by Crippen LogP contribution is -2.48. The number of carbonyl (C=O) groups excluding carboxylic acids is 3. The minimum atomic E-state index is -0.803. The van der Waals surface area contributed by atoms with Gasteiger partial charge in [0.2, 0.25) is 5.96 Å². The Morgan fingerprint density at radius 2 is 1.81 bits per heavy atom. The van der Waals surface area contributed by atoms with E-state index in [2.05, 4.69) is 27.2 Å². The van der Waals surface area contributed by atoms with Gasteiger partial charge in [0, 0.05) is 23.7 Å². The third kappa shape index (κ3) is 7.76. The van der Waals surface area contributed by atoms with Gasteiger partial charge in [-0.3, -0.25) is 15.5 Å². The van der Waals surface area contributed by atoms with E-state index in [-0.39, 0.29) is 31.2 Å². The van der Waals surface area contributed by atoms with Crippen molar-refractivity contribution in [3.63, 3.8) is 0 Å². The second-order valence-electron chi connectivity index (χ2n) is 10.3. The van der Waals surface area contributed by atoms with Gasteiger partial charge in [-0.15, -0.1) is 17.9 Å². The minimum absolute atomic E-state index is 0.0140. The van der Waals surface area contributed by atoms with Gasteiger partial charge in [0.15, 0.2) is 0 Å². The topological polar surface area (TPSA) is 135 Å². The summed E-state index contributed by atoms with van der Waals surface area (Å²) in [5.41, 5.74) is -0.740. The van der Waals surface area contributed by atoms with Crippen LogP contribution in [0.25, 0.3) is 5.57 Å². The number of hydrogen-bond acceptors (Lipinski definition) is 9. The molecule has 2 bridgehead atoms. The van der Waals surface area contributed by atoms with Crippen LogP contribution in [0.2, 0.25) is 0 Å². The van der Waals surface area contributed by atoms with E-state index in [1.165, 1.54) is 16.4 Å². The Morgan fingerprint density at radius 3 is 2.32 bits per heavy atom. The lowest BCUT2D eigenvalue weighted by Gasteiger charge is -2.30. The van der Waals surface area contributed by atoms with Crippen molar-refractivity contribution in [1.82, 2.24) is 25.6 Å². The van der Waals surface area contributed by atoms with Crippen LogP contribution in [0.5, 0.6) is 0 Å². The first kappa shape index (κ1) is 28.1. The van der Waals surface area contributed by atoms with E-state index in [1.807, 2.05) is 11.5 Å². The van der Waals surface area contributed by atoms with Crippen LogP contribution in [0.4, 0.5) is 14.4 Å². The van der Waals surface area contributed by atoms with Gasteiger partial charge in [0.05, 0.1) is 25.2 Å². The first-order valence-electron chi connectivity index (χ1n) is 11.8. The lowest BCUT2D eigenvalue weighted by molar-refractivity contribution is -0.107. The van der Waals surface area contributed by atoms with Crippen LogP contribution in [-0.4, -0.2) is 82.1 Å². The van der Waals surface area contributed by atoms with E-state index in [1.54, 1.807) is 58.7 Å². The zero-order valence-electron chi connectivity index (χ0n) is 21.9. The van der Waals surface area contributed by atoms with Crippen molar-refractivity contribution in [2.75, 3.05) is 19.7 Å². The normalized spacial score (nSPS) is 19.2. The van der Waals surface area contributed by atoms with E-state index in [0.29, 0.717) is 6.54 Å². The molecule has 0 aromatic carbocycles. The van der Waals surface area contributed by atoms with Gasteiger partial charge in [0.25, 0.3) is 0 Å². The summed E-state index contributed by atoms with van der Waals surface area (Å²) in [6.07, 6.45) is 3.58. The van der Waals surface area contributed by atoms with Crippen LogP contribution in [0.1, 0.15) is 46.6 Å². The molecule has 3 heterocycles. The van der Waals surface area contributed by atoms with Crippen molar-refractivity contribution >= 4 is 41.1 Å². The molecular weight excluding hydrogens is 500 g/mol. The molecule has 2 N–H and O–H groups in total. The number of hydroxylamine groups is 2. The van der Waals surface area contributed by atoms with Gasteiger partial charge in [-0.05, 0) is 47.6 Å². The second-order valence-corrected chi connectivity index (χ2v) is 11.2. The number of amides is 4. The molecule has 1 aromatic rings. The summed E-state index contributed by atoms with van der Waals surface area (Å²) in [5.74, 6) is -0.171. The predicted molar refractivity (Wildman–Crippen MR) is 139 cm³/mol. The van der Waals surface area contributed by atoms with Crippen LogP contribution in [0.3, 0.4) is 0 Å². The quantitative estimate of drug-likeness (QED) is 0.324. The first-order chi connectivity index (χ1) is 17.3. The number of urea groups is 1. The smallest absolute Gasteiger partial charge is 0.414 e. The molecule has 37 heavy (non-hydrogen) atoms. The number of nitrogens with zero attached hydrogens (tertiary/aromatic N) is 4. The Bertz CT molecular complexity index is 1040. The van der Waals surface area contributed by atoms with E-state index in [0.717, 1.165) is 10.6 Å². The number of alkyl carbamates (subject to hydrolysis) is 2. The fourth-order valence-electron chi connectivity index (χ4n) is 3.64. The Hall–Kier alpha value is -3.45. The second kappa shape index (κ2) is 11.3. The van der Waals surface area contributed by atoms with E-state index in [9.17, 15) is 14.4 Å². The number of nitrogens with one attached hydrogen (secondary N) is 2. The molecule has 2 aliphatic rings. The maximum atomic E-state index is 13.1. The Morgan fingerprint density at radius 1 is 1.19 bits per heavy atom. The number of hydrogen-bond donors (Lipinski definition) is 2. The third-order valence-corrected chi connectivity index (χ3v) is 5.72. The summed E-state index contributed by atoms with van der Waals surface area (Å²) >= 11 is 1.43. The fourth-order valence-corrected chi connectivity index (χ4v) is 4.35. The monoisotopic (exact) mass is 534 g/mol. The fraction of sp³-hybridized carbons (Fsp3) is 0.542. The molecule has 3 rings (SSSR count). The molecule has 0 radical (unpaired) electrons. The number of rotatable bonds is 6. The number of guanidine groups is 1. The molecule has 1 aromatic heterocycles. The Balaban J connectivity index is 1.88. The van der Waals surface area contributed by atoms with Crippen molar-refractivity contribution in [3.8, 4) is 0 Å². The van der Waals surface area contributed by atoms with E-state index < -0.39 is 29.4 Å². The number of ether oxygens (including phenoxy) is 2. The maximum Gasteiger partial charge on any atom is 0.414 e. The van der Waals surface area contributed by atoms with Gasteiger partial charge < -0.3 is 14.4 Å². The van der Waals surface area contributed by atoms with Gasteiger partial charge >= 0.3 is 18.2 Å². The minimum Gasteiger partial charge on any atom is -0.444 e. The van der Waals surface area contributed by atoms with Crippen molar-refractivity contribution < 1.29 is 28.7 Å². The van der Waals surface area contributed by atoms with E-state index in [4.69, 9.17) is 14.3 Å². The zero-order chi connectivity index (χ0) is 27.4. The highest BCUT2D eigenvalue weighted by Crippen LogP contribution is 2.35. The summed E-state index contributed by atoms with van der Waals surface area (Å²) in [5, 5.41) is 8.82. The van der Waals surface area contributed by atoms with Crippen LogP contribution < -0.4 is 10.6 Å². The average molecular weight is 535 g/mol. The van der Waals surface area contributed by atoms with E-state index >= 15 is 0 Å². The molecule has 0 spiro atoms. The van der Waals surface area contributed by atoms with Gasteiger partial charge in [-0.25, -0.2) is 24.4 Å². The SMILES string of the molecule is C=CCON1C(=O)N2C[C@H]1C=C(c1nccs1)[C@H]2CN=C(NC(=O)OC(C)(C)C)NC(=O)OC(C)(C)C. The molecule has 13 heteroatoms. The van der Waals surface area contributed by atoms with Crippen LogP contribution >= 0.6 is 11.3 Å². The van der Waals surface area contributed by atoms with Crippen LogP contribution in [0, 0.1) is 0 Å². The lowest BCUT2D eigenvalue weighted by atomic mass is 9.99. The van der Waals surface area contributed by atoms with Crippen molar-refractivity contribution in [1.29, 1.82) is 0 Å². The van der Waals surface area contributed by atoms with Gasteiger partial charge in [-0.2, -0.15) is 5.06 Å². The van der Waals surface area contributed by atoms with Crippen molar-refractivity contribution in [3.05, 3.63) is 35.3 Å². The highest BCUT2D eigenvalue weighted by molar-refractivity contribution is 7.10. The molecule has 0 saturated carbocycles. The number of aliphatic imine (C=N–C) groups is 1. The molecule has 1 fully saturated rings. The summed E-state index contributed by atoms with van der Waals surface area (Å²) < 4.78 is 10.6. The van der Waals surface area contributed by atoms with Crippen LogP contribution in [-0.2, 0) is 14.3 Å². The molecule has 2 aliphatic heterocycles. The largest absolute Gasteiger partial charge is 0.444 e. The number of fused-ring (bicyclic) bond motifs is 2. The third-order valence-electron chi connectivity index (χ3n) is 4.90. The summed E-state index contributed by atoms with van der Waals surface area (Å²) in [6.45, 7) is 14.5. The summed E-state index contributed by atoms with van der Waals surface area (Å²) in [7, 11) is 0. The van der Waals surface area contributed by atoms with Crippen molar-refractivity contribution in [2.24, 2.45) is 4.99 Å². The highest BCUT2D eigenvalue weighted by atomic mass is 32.1. The molecule has 1 saturated heterocycles. The average Bonchev–Trinajstić information content (AvgIpc) is 3.36. The highest BCUT2D eigenvalue weighted by Gasteiger charge is 2.46. The number of thiazole rings is 1. The molecule has 0 aliphatic carbocycles. The standard InChI is InChI=1S/C24H34N6O6S/c1-8-10-34-30-15-12-16(18-25-9-11-37-18)17(29(14-15)22(30)33)13-26-19(27-20(31)35-23(2,3)4)28-21(32)36-24(5,6)7/h8-9,11-12,15,17H,1,10,13-14H2,2-7H3,(H2,26,27,28,31,32)/t15-,17-/m1/s1. The molecule has 12 nitrogen and oxygen atoms in total. The van der Waals surface area contributed by atoms with Crippen LogP contribution in [0.15, 0.2) is 35.3 Å². The molecular formula is C24H34N6O6S. The molecule has 2 atom stereocenters. The predicted octanol–water partition coefficient (Wildman–Crippen LogP) is 3.54. The number of aromatic nitrogens is 1. The number of carbonyl (C=O) groups is 3. The summed E-state index contributed by atoms with van der Waals surface area (Å²) in [4.78, 5) is 54.1. The van der Waals surface area contributed by atoms with Crippen molar-refractivity contribution in [2.45, 2.75) is 64.8 Å². The molecule has 4 amide bonds. The Kier molecular flexibility index (Phi) is 8.59. The Labute approximate surface area is 220 Å². The molecule has 0 unspecified atom stereocenters. The first-order valence-corrected chi connectivity index (χ1v) is 12.6. The van der Waals surface area contributed by atoms with Gasteiger partial charge in [0.1, 0.15) is 16.2 Å². The molecule has 202 valence electrons. The summed E-state index contributed by atoms with van der Waals surface area (Å²) in [6, 6.07) is -1.15. The zero-order valence-corrected chi connectivity index (χ0v) is 22.8. The van der Waals surface area contributed by atoms with Gasteiger partial charge in [-0.1, -0.05) is 6.08 Å². The maximum absolute atomic E-state index is 13.1.